The third-order valence-corrected chi connectivity index (χ3v) is 3.15. The molecule has 0 aromatic heterocycles. The Balaban J connectivity index is 2.50. The molecule has 19 heavy (non-hydrogen) atoms. The first-order chi connectivity index (χ1) is 9.15. The van der Waals surface area contributed by atoms with E-state index in [1.807, 2.05) is 24.3 Å². The summed E-state index contributed by atoms with van der Waals surface area (Å²) >= 11 is 0. The molecular formula is C16H22O3. The number of hydrogen-bond donors (Lipinski definition) is 1. The minimum Gasteiger partial charge on any atom is -0.478 e. The lowest BCUT2D eigenvalue weighted by Crippen LogP contribution is -2.07. The monoisotopic (exact) mass is 262 g/mol. The van der Waals surface area contributed by atoms with Gasteiger partial charge in [-0.3, -0.25) is 0 Å². The Bertz CT molecular complexity index is 420. The minimum absolute atomic E-state index is 0.575. The zero-order valence-electron chi connectivity index (χ0n) is 11.6. The lowest BCUT2D eigenvalue weighted by molar-refractivity contribution is -0.131. The molecular weight excluding hydrogens is 240 g/mol. The minimum atomic E-state index is -0.935. The quantitative estimate of drug-likeness (QED) is 0.726. The van der Waals surface area contributed by atoms with Crippen LogP contribution < -0.4 is 0 Å². The van der Waals surface area contributed by atoms with Crippen molar-refractivity contribution in [1.82, 2.24) is 0 Å². The summed E-state index contributed by atoms with van der Waals surface area (Å²) in [6, 6.07) is 7.73. The Labute approximate surface area is 114 Å². The van der Waals surface area contributed by atoms with Crippen LogP contribution in [0.15, 0.2) is 30.3 Å². The summed E-state index contributed by atoms with van der Waals surface area (Å²) in [6.07, 6.45) is 5.01. The van der Waals surface area contributed by atoms with E-state index in [-0.39, 0.29) is 0 Å². The smallest absolute Gasteiger partial charge is 0.328 e. The zero-order chi connectivity index (χ0) is 14.1. The molecule has 0 unspecified atom stereocenters. The maximum atomic E-state index is 10.5. The third kappa shape index (κ3) is 6.20. The molecule has 0 heterocycles. The number of aliphatic carboxylic acids is 1. The first-order valence-corrected chi connectivity index (χ1v) is 6.73. The van der Waals surface area contributed by atoms with E-state index in [0.29, 0.717) is 12.5 Å². The van der Waals surface area contributed by atoms with Crippen molar-refractivity contribution in [3.8, 4) is 0 Å². The van der Waals surface area contributed by atoms with Crippen molar-refractivity contribution in [3.63, 3.8) is 0 Å². The molecule has 0 radical (unpaired) electrons. The average Bonchev–Trinajstić information content (AvgIpc) is 2.42. The van der Waals surface area contributed by atoms with E-state index in [1.54, 1.807) is 6.08 Å². The summed E-state index contributed by atoms with van der Waals surface area (Å²) in [5.41, 5.74) is 1.95. The maximum absolute atomic E-state index is 10.5. The first kappa shape index (κ1) is 15.4. The number of hydrogen-bond acceptors (Lipinski definition) is 2. The topological polar surface area (TPSA) is 46.5 Å². The highest BCUT2D eigenvalue weighted by atomic mass is 16.5. The van der Waals surface area contributed by atoms with E-state index in [4.69, 9.17) is 9.84 Å². The van der Waals surface area contributed by atoms with Crippen LogP contribution in [0.5, 0.6) is 0 Å². The second-order valence-corrected chi connectivity index (χ2v) is 4.61. The summed E-state index contributed by atoms with van der Waals surface area (Å²) < 4.78 is 5.70. The van der Waals surface area contributed by atoms with Gasteiger partial charge in [0.25, 0.3) is 0 Å². The van der Waals surface area contributed by atoms with Gasteiger partial charge in [0.15, 0.2) is 0 Å². The normalized spacial score (nSPS) is 11.3. The summed E-state index contributed by atoms with van der Waals surface area (Å²) in [4.78, 5) is 10.5. The second kappa shape index (κ2) is 8.48. The number of carboxylic acid groups (broad SMARTS) is 1. The van der Waals surface area contributed by atoms with Gasteiger partial charge in [0.05, 0.1) is 6.61 Å². The van der Waals surface area contributed by atoms with Crippen molar-refractivity contribution < 1.29 is 14.6 Å². The SMILES string of the molecule is CCC(CC)COCc1cccc(/C=C/C(=O)O)c1. The first-order valence-electron chi connectivity index (χ1n) is 6.73. The summed E-state index contributed by atoms with van der Waals surface area (Å²) in [6.45, 7) is 5.71. The fraction of sp³-hybridized carbons (Fsp3) is 0.438. The highest BCUT2D eigenvalue weighted by Crippen LogP contribution is 2.11. The van der Waals surface area contributed by atoms with Gasteiger partial charge in [-0.25, -0.2) is 4.79 Å². The van der Waals surface area contributed by atoms with Crippen LogP contribution in [-0.4, -0.2) is 17.7 Å². The molecule has 3 nitrogen and oxygen atoms in total. The Morgan fingerprint density at radius 1 is 1.37 bits per heavy atom. The molecule has 0 spiro atoms. The fourth-order valence-electron chi connectivity index (χ4n) is 1.82. The van der Waals surface area contributed by atoms with Gasteiger partial charge < -0.3 is 9.84 Å². The summed E-state index contributed by atoms with van der Waals surface area (Å²) in [7, 11) is 0. The second-order valence-electron chi connectivity index (χ2n) is 4.61. The Morgan fingerprint density at radius 3 is 2.74 bits per heavy atom. The van der Waals surface area contributed by atoms with E-state index in [2.05, 4.69) is 13.8 Å². The number of benzene rings is 1. The van der Waals surface area contributed by atoms with Crippen LogP contribution in [0.4, 0.5) is 0 Å². The molecule has 1 rings (SSSR count). The van der Waals surface area contributed by atoms with Gasteiger partial charge in [-0.1, -0.05) is 44.9 Å². The zero-order valence-corrected chi connectivity index (χ0v) is 11.6. The van der Waals surface area contributed by atoms with Crippen LogP contribution in [0, 0.1) is 5.92 Å². The van der Waals surface area contributed by atoms with Crippen molar-refractivity contribution in [1.29, 1.82) is 0 Å². The fourth-order valence-corrected chi connectivity index (χ4v) is 1.82. The van der Waals surface area contributed by atoms with Crippen LogP contribution in [0.25, 0.3) is 6.08 Å². The molecule has 0 atom stereocenters. The van der Waals surface area contributed by atoms with Crippen LogP contribution in [-0.2, 0) is 16.1 Å². The van der Waals surface area contributed by atoms with Crippen molar-refractivity contribution >= 4 is 12.0 Å². The molecule has 0 amide bonds. The molecule has 0 aliphatic carbocycles. The van der Waals surface area contributed by atoms with Gasteiger partial charge in [-0.15, -0.1) is 0 Å². The Hall–Kier alpha value is -1.61. The lowest BCUT2D eigenvalue weighted by atomic mass is 10.1. The lowest BCUT2D eigenvalue weighted by Gasteiger charge is -2.12. The van der Waals surface area contributed by atoms with Gasteiger partial charge in [0, 0.05) is 12.7 Å². The molecule has 1 aromatic carbocycles. The van der Waals surface area contributed by atoms with Crippen molar-refractivity contribution in [2.75, 3.05) is 6.61 Å². The molecule has 0 bridgehead atoms. The molecule has 0 aliphatic heterocycles. The van der Waals surface area contributed by atoms with Crippen molar-refractivity contribution in [3.05, 3.63) is 41.5 Å². The van der Waals surface area contributed by atoms with Gasteiger partial charge in [0.1, 0.15) is 0 Å². The summed E-state index contributed by atoms with van der Waals surface area (Å²) in [5, 5.41) is 8.59. The largest absolute Gasteiger partial charge is 0.478 e. The molecule has 0 fully saturated rings. The number of carboxylic acids is 1. The van der Waals surface area contributed by atoms with Crippen LogP contribution in [0.3, 0.4) is 0 Å². The van der Waals surface area contributed by atoms with Crippen LogP contribution in [0.2, 0.25) is 0 Å². The van der Waals surface area contributed by atoms with Gasteiger partial charge in [0.2, 0.25) is 0 Å². The van der Waals surface area contributed by atoms with Gasteiger partial charge in [-0.2, -0.15) is 0 Å². The molecule has 0 aliphatic rings. The predicted octanol–water partition coefficient (Wildman–Crippen LogP) is 3.74. The Morgan fingerprint density at radius 2 is 2.11 bits per heavy atom. The maximum Gasteiger partial charge on any atom is 0.328 e. The third-order valence-electron chi connectivity index (χ3n) is 3.15. The predicted molar refractivity (Wildman–Crippen MR) is 76.8 cm³/mol. The number of rotatable bonds is 8. The standard InChI is InChI=1S/C16H22O3/c1-3-13(4-2)11-19-12-15-7-5-6-14(10-15)8-9-16(17)18/h5-10,13H,3-4,11-12H2,1-2H3,(H,17,18)/b9-8+. The van der Waals surface area contributed by atoms with Crippen molar-refractivity contribution in [2.45, 2.75) is 33.3 Å². The van der Waals surface area contributed by atoms with Crippen LogP contribution >= 0.6 is 0 Å². The molecule has 1 aromatic rings. The van der Waals surface area contributed by atoms with E-state index >= 15 is 0 Å². The molecule has 0 saturated carbocycles. The Kier molecular flexibility index (Phi) is 6.90. The molecule has 3 heteroatoms. The highest BCUT2D eigenvalue weighted by Gasteiger charge is 2.03. The van der Waals surface area contributed by atoms with E-state index in [0.717, 1.165) is 36.7 Å². The number of carbonyl (C=O) groups is 1. The molecule has 104 valence electrons. The van der Waals surface area contributed by atoms with Crippen LogP contribution in [0.1, 0.15) is 37.8 Å². The van der Waals surface area contributed by atoms with Crippen molar-refractivity contribution in [2.24, 2.45) is 5.92 Å². The average molecular weight is 262 g/mol. The van der Waals surface area contributed by atoms with E-state index < -0.39 is 5.97 Å². The van der Waals surface area contributed by atoms with Gasteiger partial charge >= 0.3 is 5.97 Å². The summed E-state index contributed by atoms with van der Waals surface area (Å²) in [5.74, 6) is -0.314. The molecule has 0 saturated heterocycles. The molecule has 1 N–H and O–H groups in total. The highest BCUT2D eigenvalue weighted by molar-refractivity contribution is 5.85. The number of ether oxygens (including phenoxy) is 1. The van der Waals surface area contributed by atoms with E-state index in [1.165, 1.54) is 0 Å². The van der Waals surface area contributed by atoms with Gasteiger partial charge in [-0.05, 0) is 29.2 Å². The van der Waals surface area contributed by atoms with E-state index in [9.17, 15) is 4.79 Å².